The molecule has 0 aliphatic carbocycles. The van der Waals surface area contributed by atoms with Crippen molar-refractivity contribution in [2.24, 2.45) is 5.41 Å². The van der Waals surface area contributed by atoms with Crippen LogP contribution in [0.4, 0.5) is 0 Å². The Kier molecular flexibility index (Phi) is 4.20. The third-order valence-electron chi connectivity index (χ3n) is 3.54. The molecule has 1 aromatic rings. The first-order chi connectivity index (χ1) is 8.59. The van der Waals surface area contributed by atoms with Gasteiger partial charge < -0.3 is 10.4 Å². The van der Waals surface area contributed by atoms with Crippen LogP contribution in [0.25, 0.3) is 0 Å². The summed E-state index contributed by atoms with van der Waals surface area (Å²) in [6, 6.07) is 1.49. The SMILES string of the molecule is CC(C)(NC(=O)c1ccncc1Cl)C(C)(C)C(=O)O. The number of nitrogens with zero attached hydrogens (tertiary/aromatic N) is 1. The van der Waals surface area contributed by atoms with E-state index in [1.165, 1.54) is 18.5 Å². The number of aromatic nitrogens is 1. The fourth-order valence-corrected chi connectivity index (χ4v) is 1.54. The first-order valence-electron chi connectivity index (χ1n) is 5.75. The van der Waals surface area contributed by atoms with Gasteiger partial charge in [-0.1, -0.05) is 11.6 Å². The van der Waals surface area contributed by atoms with Gasteiger partial charge in [0.2, 0.25) is 0 Å². The second-order valence-electron chi connectivity index (χ2n) is 5.36. The summed E-state index contributed by atoms with van der Waals surface area (Å²) < 4.78 is 0. The van der Waals surface area contributed by atoms with Gasteiger partial charge in [0, 0.05) is 12.4 Å². The minimum atomic E-state index is -1.12. The van der Waals surface area contributed by atoms with Crippen molar-refractivity contribution in [3.05, 3.63) is 29.0 Å². The molecular weight excluding hydrogens is 268 g/mol. The van der Waals surface area contributed by atoms with Crippen LogP contribution in [0.1, 0.15) is 38.1 Å². The maximum Gasteiger partial charge on any atom is 0.311 e. The van der Waals surface area contributed by atoms with E-state index >= 15 is 0 Å². The summed E-state index contributed by atoms with van der Waals surface area (Å²) >= 11 is 5.89. The van der Waals surface area contributed by atoms with Crippen LogP contribution in [0.3, 0.4) is 0 Å². The number of carboxylic acid groups (broad SMARTS) is 1. The standard InChI is InChI=1S/C13H17ClN2O3/c1-12(2,11(18)19)13(3,4)16-10(17)8-5-6-15-7-9(8)14/h5-7H,1-4H3,(H,16,17)(H,18,19). The van der Waals surface area contributed by atoms with Gasteiger partial charge in [-0.3, -0.25) is 14.6 Å². The molecular formula is C13H17ClN2O3. The number of carbonyl (C=O) groups is 2. The Bertz CT molecular complexity index is 512. The molecule has 0 aromatic carbocycles. The monoisotopic (exact) mass is 284 g/mol. The second kappa shape index (κ2) is 5.17. The van der Waals surface area contributed by atoms with Crippen molar-refractivity contribution in [1.82, 2.24) is 10.3 Å². The zero-order chi connectivity index (χ0) is 14.8. The van der Waals surface area contributed by atoms with Crippen LogP contribution in [0, 0.1) is 5.41 Å². The van der Waals surface area contributed by atoms with Gasteiger partial charge in [0.05, 0.1) is 21.5 Å². The third-order valence-corrected chi connectivity index (χ3v) is 3.84. The smallest absolute Gasteiger partial charge is 0.311 e. The number of carbonyl (C=O) groups excluding carboxylic acids is 1. The van der Waals surface area contributed by atoms with Crippen molar-refractivity contribution < 1.29 is 14.7 Å². The van der Waals surface area contributed by atoms with E-state index < -0.39 is 22.8 Å². The number of carboxylic acids is 1. The predicted molar refractivity (Wildman–Crippen MR) is 72.2 cm³/mol. The molecule has 2 N–H and O–H groups in total. The number of halogens is 1. The third kappa shape index (κ3) is 3.04. The number of amides is 1. The number of nitrogens with one attached hydrogen (secondary N) is 1. The molecule has 1 amide bonds. The molecule has 19 heavy (non-hydrogen) atoms. The van der Waals surface area contributed by atoms with E-state index in [4.69, 9.17) is 11.6 Å². The molecule has 0 fully saturated rings. The van der Waals surface area contributed by atoms with Crippen molar-refractivity contribution >= 4 is 23.5 Å². The lowest BCUT2D eigenvalue weighted by atomic mass is 9.74. The predicted octanol–water partition coefficient (Wildman–Crippen LogP) is 2.35. The summed E-state index contributed by atoms with van der Waals surface area (Å²) in [6.07, 6.45) is 2.82. The van der Waals surface area contributed by atoms with Gasteiger partial charge in [-0.05, 0) is 33.8 Å². The average Bonchev–Trinajstić information content (AvgIpc) is 2.28. The lowest BCUT2D eigenvalue weighted by molar-refractivity contribution is -0.150. The first-order valence-corrected chi connectivity index (χ1v) is 6.13. The zero-order valence-electron chi connectivity index (χ0n) is 11.3. The summed E-state index contributed by atoms with van der Waals surface area (Å²) in [6.45, 7) is 6.44. The quantitative estimate of drug-likeness (QED) is 0.889. The highest BCUT2D eigenvalue weighted by Gasteiger charge is 2.44. The highest BCUT2D eigenvalue weighted by Crippen LogP contribution is 2.31. The lowest BCUT2D eigenvalue weighted by Gasteiger charge is -2.38. The van der Waals surface area contributed by atoms with Crippen LogP contribution < -0.4 is 5.32 Å². The molecule has 0 radical (unpaired) electrons. The van der Waals surface area contributed by atoms with Gasteiger partial charge in [-0.25, -0.2) is 0 Å². The topological polar surface area (TPSA) is 79.3 Å². The molecule has 0 saturated heterocycles. The zero-order valence-corrected chi connectivity index (χ0v) is 12.1. The molecule has 0 aliphatic rings. The van der Waals surface area contributed by atoms with Gasteiger partial charge in [-0.2, -0.15) is 0 Å². The molecule has 0 aliphatic heterocycles. The molecule has 0 spiro atoms. The van der Waals surface area contributed by atoms with Gasteiger partial charge in [0.25, 0.3) is 5.91 Å². The molecule has 1 heterocycles. The Morgan fingerprint density at radius 3 is 2.37 bits per heavy atom. The van der Waals surface area contributed by atoms with Crippen LogP contribution >= 0.6 is 11.6 Å². The number of pyridine rings is 1. The molecule has 0 atom stereocenters. The van der Waals surface area contributed by atoms with Gasteiger partial charge in [0.15, 0.2) is 0 Å². The molecule has 0 bridgehead atoms. The molecule has 0 unspecified atom stereocenters. The molecule has 5 nitrogen and oxygen atoms in total. The highest BCUT2D eigenvalue weighted by atomic mass is 35.5. The van der Waals surface area contributed by atoms with Crippen LogP contribution in [-0.2, 0) is 4.79 Å². The Labute approximate surface area is 117 Å². The summed E-state index contributed by atoms with van der Waals surface area (Å²) in [5.74, 6) is -1.41. The maximum absolute atomic E-state index is 12.1. The summed E-state index contributed by atoms with van der Waals surface area (Å²) in [5.41, 5.74) is -1.80. The Hall–Kier alpha value is -1.62. The van der Waals surface area contributed by atoms with Crippen LogP contribution in [0.5, 0.6) is 0 Å². The van der Waals surface area contributed by atoms with Crippen molar-refractivity contribution in [1.29, 1.82) is 0 Å². The fraction of sp³-hybridized carbons (Fsp3) is 0.462. The fourth-order valence-electron chi connectivity index (χ4n) is 1.33. The van der Waals surface area contributed by atoms with Crippen LogP contribution in [0.15, 0.2) is 18.5 Å². The number of aliphatic carboxylic acids is 1. The summed E-state index contributed by atoms with van der Waals surface area (Å²) in [5, 5.41) is 12.2. The van der Waals surface area contributed by atoms with Crippen molar-refractivity contribution in [3.8, 4) is 0 Å². The van der Waals surface area contributed by atoms with Crippen molar-refractivity contribution in [2.45, 2.75) is 33.2 Å². The van der Waals surface area contributed by atoms with Crippen LogP contribution in [0.2, 0.25) is 5.02 Å². The molecule has 104 valence electrons. The van der Waals surface area contributed by atoms with Gasteiger partial charge in [0.1, 0.15) is 0 Å². The van der Waals surface area contributed by atoms with E-state index in [1.54, 1.807) is 27.7 Å². The lowest BCUT2D eigenvalue weighted by Crippen LogP contribution is -2.57. The summed E-state index contributed by atoms with van der Waals surface area (Å²) in [7, 11) is 0. The minimum Gasteiger partial charge on any atom is -0.481 e. The molecule has 0 saturated carbocycles. The summed E-state index contributed by atoms with van der Waals surface area (Å²) in [4.78, 5) is 27.2. The number of hydrogen-bond acceptors (Lipinski definition) is 3. The van der Waals surface area contributed by atoms with E-state index in [2.05, 4.69) is 10.3 Å². The minimum absolute atomic E-state index is 0.226. The van der Waals surface area contributed by atoms with E-state index in [1.807, 2.05) is 0 Å². The van der Waals surface area contributed by atoms with Crippen LogP contribution in [-0.4, -0.2) is 27.5 Å². The van der Waals surface area contributed by atoms with E-state index in [9.17, 15) is 14.7 Å². The van der Waals surface area contributed by atoms with Crippen molar-refractivity contribution in [2.75, 3.05) is 0 Å². The molecule has 1 rings (SSSR count). The normalized spacial score (nSPS) is 12.1. The van der Waals surface area contributed by atoms with Gasteiger partial charge in [-0.15, -0.1) is 0 Å². The Morgan fingerprint density at radius 2 is 1.89 bits per heavy atom. The first kappa shape index (κ1) is 15.4. The Balaban J connectivity index is 3.00. The molecule has 6 heteroatoms. The van der Waals surface area contributed by atoms with Crippen molar-refractivity contribution in [3.63, 3.8) is 0 Å². The van der Waals surface area contributed by atoms with E-state index in [0.29, 0.717) is 0 Å². The van der Waals surface area contributed by atoms with E-state index in [-0.39, 0.29) is 10.6 Å². The number of hydrogen-bond donors (Lipinski definition) is 2. The average molecular weight is 285 g/mol. The number of rotatable bonds is 4. The highest BCUT2D eigenvalue weighted by molar-refractivity contribution is 6.33. The second-order valence-corrected chi connectivity index (χ2v) is 5.77. The van der Waals surface area contributed by atoms with E-state index in [0.717, 1.165) is 0 Å². The van der Waals surface area contributed by atoms with Gasteiger partial charge >= 0.3 is 5.97 Å². The molecule has 1 aromatic heterocycles. The largest absolute Gasteiger partial charge is 0.481 e. The maximum atomic E-state index is 12.1. The Morgan fingerprint density at radius 1 is 1.32 bits per heavy atom.